The Kier molecular flexibility index (Phi) is 9.13. The van der Waals surface area contributed by atoms with E-state index >= 15 is 0 Å². The predicted octanol–water partition coefficient (Wildman–Crippen LogP) is 3.77. The fourth-order valence-corrected chi connectivity index (χ4v) is 5.93. The van der Waals surface area contributed by atoms with Crippen LogP contribution in [0.3, 0.4) is 0 Å². The number of allylic oxidation sites excluding steroid dienone is 1. The highest BCUT2D eigenvalue weighted by atomic mass is 16.3. The molecule has 2 N–H and O–H groups in total. The van der Waals surface area contributed by atoms with E-state index < -0.39 is 17.8 Å². The van der Waals surface area contributed by atoms with Crippen LogP contribution in [0.4, 0.5) is 4.79 Å². The minimum atomic E-state index is -0.945. The maximum Gasteiger partial charge on any atom is 0.334 e. The van der Waals surface area contributed by atoms with E-state index in [2.05, 4.69) is 31.0 Å². The zero-order valence-electron chi connectivity index (χ0n) is 25.0. The minimum absolute atomic E-state index is 0.0485. The van der Waals surface area contributed by atoms with Gasteiger partial charge >= 0.3 is 6.03 Å². The first-order valence-electron chi connectivity index (χ1n) is 14.9. The van der Waals surface area contributed by atoms with Gasteiger partial charge < -0.3 is 20.2 Å². The van der Waals surface area contributed by atoms with Crippen LogP contribution in [-0.2, 0) is 29.1 Å². The Hall–Kier alpha value is -4.21. The van der Waals surface area contributed by atoms with E-state index in [1.165, 1.54) is 5.56 Å². The number of rotatable bonds is 9. The summed E-state index contributed by atoms with van der Waals surface area (Å²) in [5.74, 6) is -0.366. The van der Waals surface area contributed by atoms with Crippen molar-refractivity contribution in [2.24, 2.45) is 0 Å². The Morgan fingerprint density at radius 2 is 1.81 bits per heavy atom. The van der Waals surface area contributed by atoms with Crippen molar-refractivity contribution in [3.8, 4) is 0 Å². The van der Waals surface area contributed by atoms with Crippen LogP contribution in [0.15, 0.2) is 91.1 Å². The first kappa shape index (κ1) is 30.3. The van der Waals surface area contributed by atoms with Crippen LogP contribution >= 0.6 is 0 Å². The molecule has 0 spiro atoms. The van der Waals surface area contributed by atoms with Gasteiger partial charge in [0.1, 0.15) is 12.2 Å². The Morgan fingerprint density at radius 1 is 1.09 bits per heavy atom. The molecule has 2 fully saturated rings. The standard InChI is InChI=1S/C34H41N5O4/c1-4-19-37-24-31(40)38-29(20-26-15-17-34(3,43)18-16-26)32(41)36(22-28-13-11-25(5-2)12-14-28)23-30(38)39(37)33(42)35-21-27-9-7-6-8-10-27/h4,6-17,29-30,43H,1,5,18-24H2,2-3H3,(H,35,42)/t29-,30-,34?/m0/s1. The number of fused-ring (bicyclic) bond motifs is 1. The SMILES string of the molecule is C=CCN1CC(=O)N2[C@@H](CC3=CCC(C)(O)C=C3)C(=O)N(Cc3ccc(CC)cc3)C[C@@H]2N1C(=O)NCc1ccccc1. The molecule has 2 aromatic carbocycles. The van der Waals surface area contributed by atoms with Gasteiger partial charge in [0.25, 0.3) is 0 Å². The summed E-state index contributed by atoms with van der Waals surface area (Å²) < 4.78 is 0. The predicted molar refractivity (Wildman–Crippen MR) is 165 cm³/mol. The first-order valence-corrected chi connectivity index (χ1v) is 14.9. The number of hydrogen-bond acceptors (Lipinski definition) is 5. The highest BCUT2D eigenvalue weighted by molar-refractivity contribution is 5.91. The second-order valence-electron chi connectivity index (χ2n) is 11.7. The molecule has 3 atom stereocenters. The van der Waals surface area contributed by atoms with E-state index in [0.29, 0.717) is 32.5 Å². The summed E-state index contributed by atoms with van der Waals surface area (Å²) >= 11 is 0. The van der Waals surface area contributed by atoms with Crippen LogP contribution in [0.1, 0.15) is 43.4 Å². The topological polar surface area (TPSA) is 96.4 Å². The molecule has 43 heavy (non-hydrogen) atoms. The molecule has 2 heterocycles. The van der Waals surface area contributed by atoms with Gasteiger partial charge in [-0.05, 0) is 42.0 Å². The average Bonchev–Trinajstić information content (AvgIpc) is 3.00. The zero-order chi connectivity index (χ0) is 30.6. The molecule has 0 radical (unpaired) electrons. The van der Waals surface area contributed by atoms with Crippen LogP contribution in [0.5, 0.6) is 0 Å². The van der Waals surface area contributed by atoms with Crippen molar-refractivity contribution >= 4 is 17.8 Å². The van der Waals surface area contributed by atoms with Gasteiger partial charge in [0, 0.05) is 26.1 Å². The third-order valence-corrected chi connectivity index (χ3v) is 8.33. The van der Waals surface area contributed by atoms with Crippen molar-refractivity contribution in [1.82, 2.24) is 25.1 Å². The lowest BCUT2D eigenvalue weighted by atomic mass is 9.90. The summed E-state index contributed by atoms with van der Waals surface area (Å²) in [5, 5.41) is 16.7. The number of aliphatic hydroxyl groups is 1. The summed E-state index contributed by atoms with van der Waals surface area (Å²) in [6.45, 7) is 8.80. The Balaban J connectivity index is 1.47. The second-order valence-corrected chi connectivity index (χ2v) is 11.7. The summed E-state index contributed by atoms with van der Waals surface area (Å²) in [6, 6.07) is 16.7. The van der Waals surface area contributed by atoms with Gasteiger partial charge in [-0.25, -0.2) is 14.8 Å². The molecule has 9 nitrogen and oxygen atoms in total. The number of nitrogens with one attached hydrogen (secondary N) is 1. The van der Waals surface area contributed by atoms with Gasteiger partial charge in [-0.1, -0.05) is 85.8 Å². The van der Waals surface area contributed by atoms with Crippen molar-refractivity contribution in [3.05, 3.63) is 108 Å². The third-order valence-electron chi connectivity index (χ3n) is 8.33. The molecule has 2 saturated heterocycles. The van der Waals surface area contributed by atoms with Crippen LogP contribution in [-0.4, -0.2) is 80.2 Å². The number of piperazine rings is 1. The van der Waals surface area contributed by atoms with Crippen LogP contribution in [0.25, 0.3) is 0 Å². The highest BCUT2D eigenvalue weighted by Gasteiger charge is 2.51. The maximum absolute atomic E-state index is 14.1. The molecule has 2 aromatic rings. The molecule has 9 heteroatoms. The maximum atomic E-state index is 14.1. The van der Waals surface area contributed by atoms with E-state index in [1.807, 2.05) is 54.6 Å². The molecule has 3 aliphatic rings. The van der Waals surface area contributed by atoms with E-state index in [-0.39, 0.29) is 30.9 Å². The molecule has 5 rings (SSSR count). The minimum Gasteiger partial charge on any atom is -0.386 e. The number of hydrazine groups is 1. The number of carbonyl (C=O) groups excluding carboxylic acids is 3. The Morgan fingerprint density at radius 3 is 2.47 bits per heavy atom. The quantitative estimate of drug-likeness (QED) is 0.439. The van der Waals surface area contributed by atoms with E-state index in [9.17, 15) is 19.5 Å². The number of aryl methyl sites for hydroxylation is 1. The summed E-state index contributed by atoms with van der Waals surface area (Å²) in [7, 11) is 0. The van der Waals surface area contributed by atoms with Gasteiger partial charge in [0.05, 0.1) is 18.7 Å². The lowest BCUT2D eigenvalue weighted by Gasteiger charge is -2.55. The number of benzene rings is 2. The van der Waals surface area contributed by atoms with Crippen LogP contribution in [0, 0.1) is 0 Å². The molecule has 0 aromatic heterocycles. The Bertz CT molecular complexity index is 1400. The van der Waals surface area contributed by atoms with E-state index in [1.54, 1.807) is 38.9 Å². The first-order chi connectivity index (χ1) is 20.7. The van der Waals surface area contributed by atoms with Gasteiger partial charge in [-0.2, -0.15) is 0 Å². The highest BCUT2D eigenvalue weighted by Crippen LogP contribution is 2.32. The van der Waals surface area contributed by atoms with Gasteiger partial charge in [0.2, 0.25) is 11.8 Å². The molecular formula is C34H41N5O4. The van der Waals surface area contributed by atoms with Crippen LogP contribution < -0.4 is 5.32 Å². The fraction of sp³-hybridized carbons (Fsp3) is 0.382. The third kappa shape index (κ3) is 6.89. The molecule has 4 amide bonds. The van der Waals surface area contributed by atoms with Crippen molar-refractivity contribution < 1.29 is 19.5 Å². The smallest absolute Gasteiger partial charge is 0.334 e. The zero-order valence-corrected chi connectivity index (χ0v) is 25.0. The van der Waals surface area contributed by atoms with Gasteiger partial charge in [0.15, 0.2) is 0 Å². The normalized spacial score (nSPS) is 24.1. The number of amides is 4. The summed E-state index contributed by atoms with van der Waals surface area (Å²) in [6.07, 6.45) is 8.09. The fourth-order valence-electron chi connectivity index (χ4n) is 5.93. The van der Waals surface area contributed by atoms with Crippen LogP contribution in [0.2, 0.25) is 0 Å². The monoisotopic (exact) mass is 583 g/mol. The Labute approximate surface area is 253 Å². The molecule has 1 aliphatic carbocycles. The van der Waals surface area contributed by atoms with E-state index in [4.69, 9.17) is 0 Å². The lowest BCUT2D eigenvalue weighted by Crippen LogP contribution is -2.76. The second kappa shape index (κ2) is 13.0. The molecule has 1 unspecified atom stereocenters. The summed E-state index contributed by atoms with van der Waals surface area (Å²) in [5.41, 5.74) is 3.08. The molecular weight excluding hydrogens is 542 g/mol. The number of nitrogens with zero attached hydrogens (tertiary/aromatic N) is 4. The molecule has 0 bridgehead atoms. The lowest BCUT2D eigenvalue weighted by molar-refractivity contribution is -0.189. The largest absolute Gasteiger partial charge is 0.386 e. The van der Waals surface area contributed by atoms with Crippen molar-refractivity contribution in [1.29, 1.82) is 0 Å². The summed E-state index contributed by atoms with van der Waals surface area (Å²) in [4.78, 5) is 45.1. The van der Waals surface area contributed by atoms with Gasteiger partial charge in [-0.15, -0.1) is 6.58 Å². The molecule has 226 valence electrons. The van der Waals surface area contributed by atoms with Gasteiger partial charge in [-0.3, -0.25) is 9.59 Å². The van der Waals surface area contributed by atoms with Crippen molar-refractivity contribution in [2.75, 3.05) is 19.6 Å². The molecule has 2 aliphatic heterocycles. The van der Waals surface area contributed by atoms with Crippen molar-refractivity contribution in [2.45, 2.75) is 64.0 Å². The molecule has 0 saturated carbocycles. The van der Waals surface area contributed by atoms with Crippen molar-refractivity contribution in [3.63, 3.8) is 0 Å². The number of urea groups is 1. The number of hydrogen-bond donors (Lipinski definition) is 2. The average molecular weight is 584 g/mol. The van der Waals surface area contributed by atoms with E-state index in [0.717, 1.165) is 23.1 Å². The number of carbonyl (C=O) groups is 3.